The third-order valence-electron chi connectivity index (χ3n) is 5.16. The molecule has 1 aromatic carbocycles. The van der Waals surface area contributed by atoms with Crippen LogP contribution in [0, 0.1) is 12.8 Å². The summed E-state index contributed by atoms with van der Waals surface area (Å²) in [4.78, 5) is 5.01. The van der Waals surface area contributed by atoms with Crippen LogP contribution in [0.4, 0.5) is 5.69 Å². The van der Waals surface area contributed by atoms with Crippen LogP contribution in [0.5, 0.6) is 0 Å². The number of rotatable bonds is 2. The second-order valence-electron chi connectivity index (χ2n) is 6.35. The Labute approximate surface area is 123 Å². The van der Waals surface area contributed by atoms with Crippen LogP contribution in [0.3, 0.4) is 0 Å². The van der Waals surface area contributed by atoms with E-state index < -0.39 is 0 Å². The molecule has 0 aromatic heterocycles. The molecule has 1 aliphatic carbocycles. The van der Waals surface area contributed by atoms with Crippen LogP contribution in [-0.4, -0.2) is 18.1 Å². The number of hydrogen-bond donors (Lipinski definition) is 0. The smallest absolute Gasteiger partial charge is 0.103 e. The highest BCUT2D eigenvalue weighted by Gasteiger charge is 2.36. The first-order chi connectivity index (χ1) is 9.61. The lowest BCUT2D eigenvalue weighted by atomic mass is 10.0. The molecular weight excluding hydrogens is 244 g/mol. The molecule has 0 N–H and O–H groups in total. The summed E-state index contributed by atoms with van der Waals surface area (Å²) < 4.78 is 0. The lowest BCUT2D eigenvalue weighted by Crippen LogP contribution is -2.36. The van der Waals surface area contributed by atoms with Crippen molar-refractivity contribution in [2.45, 2.75) is 52.6 Å². The zero-order valence-corrected chi connectivity index (χ0v) is 13.2. The number of anilines is 1. The summed E-state index contributed by atoms with van der Waals surface area (Å²) in [5, 5.41) is 0. The van der Waals surface area contributed by atoms with Crippen LogP contribution in [0.2, 0.25) is 0 Å². The van der Waals surface area contributed by atoms with Gasteiger partial charge in [0.05, 0.1) is 0 Å². The number of nitrogens with zero attached hydrogens (tertiary/aromatic N) is 2. The van der Waals surface area contributed by atoms with E-state index in [0.29, 0.717) is 6.17 Å². The van der Waals surface area contributed by atoms with Gasteiger partial charge in [0.15, 0.2) is 0 Å². The molecule has 108 valence electrons. The molecule has 1 unspecified atom stereocenters. The maximum absolute atomic E-state index is 2.52. The van der Waals surface area contributed by atoms with Gasteiger partial charge in [-0.15, -0.1) is 0 Å². The average molecular weight is 270 g/mol. The van der Waals surface area contributed by atoms with Crippen LogP contribution in [0.15, 0.2) is 35.7 Å². The molecule has 2 aliphatic rings. The first-order valence-electron chi connectivity index (χ1n) is 7.89. The quantitative estimate of drug-likeness (QED) is 0.780. The van der Waals surface area contributed by atoms with Crippen molar-refractivity contribution in [1.29, 1.82) is 0 Å². The lowest BCUT2D eigenvalue weighted by Gasteiger charge is -2.31. The molecule has 3 rings (SSSR count). The molecule has 1 atom stereocenters. The Hall–Kier alpha value is -1.44. The Morgan fingerprint density at radius 3 is 2.35 bits per heavy atom. The second kappa shape index (κ2) is 5.16. The summed E-state index contributed by atoms with van der Waals surface area (Å²) in [6.45, 7) is 6.83. The van der Waals surface area contributed by atoms with E-state index in [-0.39, 0.29) is 0 Å². The number of benzene rings is 1. The fraction of sp³-hybridized carbons (Fsp3) is 0.556. The van der Waals surface area contributed by atoms with E-state index in [4.69, 9.17) is 0 Å². The fourth-order valence-electron chi connectivity index (χ4n) is 4.03. The largest absolute Gasteiger partial charge is 0.356 e. The molecule has 2 nitrogen and oxygen atoms in total. The predicted molar refractivity (Wildman–Crippen MR) is 85.5 cm³/mol. The summed E-state index contributed by atoms with van der Waals surface area (Å²) in [5.41, 5.74) is 5.76. The van der Waals surface area contributed by atoms with Crippen molar-refractivity contribution in [3.63, 3.8) is 0 Å². The normalized spacial score (nSPS) is 24.1. The molecule has 1 aliphatic heterocycles. The third-order valence-corrected chi connectivity index (χ3v) is 5.16. The van der Waals surface area contributed by atoms with Crippen LogP contribution in [-0.2, 0) is 0 Å². The van der Waals surface area contributed by atoms with Gasteiger partial charge >= 0.3 is 0 Å². The van der Waals surface area contributed by atoms with Crippen LogP contribution in [0.25, 0.3) is 0 Å². The first kappa shape index (κ1) is 13.5. The van der Waals surface area contributed by atoms with E-state index in [0.717, 1.165) is 5.92 Å². The monoisotopic (exact) mass is 270 g/mol. The van der Waals surface area contributed by atoms with Crippen molar-refractivity contribution in [3.05, 3.63) is 41.2 Å². The number of hydrogen-bond acceptors (Lipinski definition) is 2. The minimum atomic E-state index is 0.423. The van der Waals surface area contributed by atoms with E-state index in [2.05, 4.69) is 61.9 Å². The molecule has 0 radical (unpaired) electrons. The van der Waals surface area contributed by atoms with Gasteiger partial charge in [-0.05, 0) is 45.2 Å². The van der Waals surface area contributed by atoms with Crippen molar-refractivity contribution >= 4 is 5.69 Å². The van der Waals surface area contributed by atoms with Gasteiger partial charge < -0.3 is 9.80 Å². The van der Waals surface area contributed by atoms with Crippen LogP contribution >= 0.6 is 0 Å². The van der Waals surface area contributed by atoms with Crippen molar-refractivity contribution in [2.24, 2.45) is 5.92 Å². The molecule has 1 fully saturated rings. The molecule has 20 heavy (non-hydrogen) atoms. The number of allylic oxidation sites excluding steroid dienone is 2. The Morgan fingerprint density at radius 1 is 1.05 bits per heavy atom. The van der Waals surface area contributed by atoms with Crippen molar-refractivity contribution in [1.82, 2.24) is 4.90 Å². The standard InChI is InChI=1S/C18H26N2/c1-13-9-5-8-12-17(13)20-14(2)18(19(4)15(20)3)16-10-6-7-11-16/h5,8-9,12,15-16H,6-7,10-11H2,1-4H3. The molecule has 0 saturated heterocycles. The van der Waals surface area contributed by atoms with Gasteiger partial charge in [0.2, 0.25) is 0 Å². The highest BCUT2D eigenvalue weighted by molar-refractivity contribution is 5.60. The zero-order valence-electron chi connectivity index (χ0n) is 13.2. The summed E-state index contributed by atoms with van der Waals surface area (Å²) >= 11 is 0. The average Bonchev–Trinajstić information content (AvgIpc) is 3.01. The molecule has 0 bridgehead atoms. The Morgan fingerprint density at radius 2 is 1.70 bits per heavy atom. The summed E-state index contributed by atoms with van der Waals surface area (Å²) in [5.74, 6) is 0.775. The Kier molecular flexibility index (Phi) is 3.49. The Bertz CT molecular complexity index is 526. The first-order valence-corrected chi connectivity index (χ1v) is 7.89. The van der Waals surface area contributed by atoms with Gasteiger partial charge in [-0.25, -0.2) is 0 Å². The van der Waals surface area contributed by atoms with Gasteiger partial charge in [-0.1, -0.05) is 31.0 Å². The minimum absolute atomic E-state index is 0.423. The molecule has 2 heteroatoms. The molecule has 0 amide bonds. The van der Waals surface area contributed by atoms with E-state index in [1.807, 2.05) is 0 Å². The van der Waals surface area contributed by atoms with Crippen molar-refractivity contribution in [3.8, 4) is 0 Å². The van der Waals surface area contributed by atoms with E-state index in [1.165, 1.54) is 42.6 Å². The number of para-hydroxylation sites is 1. The Balaban J connectivity index is 2.01. The van der Waals surface area contributed by atoms with Crippen LogP contribution in [0.1, 0.15) is 45.1 Å². The fourth-order valence-corrected chi connectivity index (χ4v) is 4.03. The molecular formula is C18H26N2. The SMILES string of the molecule is CC1=C(C2CCCC2)N(C)C(C)N1c1ccccc1C. The molecule has 1 aromatic rings. The highest BCUT2D eigenvalue weighted by atomic mass is 15.4. The lowest BCUT2D eigenvalue weighted by molar-refractivity contribution is 0.318. The van der Waals surface area contributed by atoms with Crippen LogP contribution < -0.4 is 4.90 Å². The van der Waals surface area contributed by atoms with Gasteiger partial charge in [0.25, 0.3) is 0 Å². The molecule has 1 heterocycles. The minimum Gasteiger partial charge on any atom is -0.356 e. The van der Waals surface area contributed by atoms with Gasteiger partial charge in [0.1, 0.15) is 6.17 Å². The molecule has 1 saturated carbocycles. The second-order valence-corrected chi connectivity index (χ2v) is 6.35. The van der Waals surface area contributed by atoms with E-state index >= 15 is 0 Å². The number of aryl methyl sites for hydroxylation is 1. The summed E-state index contributed by atoms with van der Waals surface area (Å²) in [6.07, 6.45) is 5.95. The van der Waals surface area contributed by atoms with E-state index in [1.54, 1.807) is 5.70 Å². The predicted octanol–water partition coefficient (Wildman–Crippen LogP) is 4.51. The maximum atomic E-state index is 2.52. The summed E-state index contributed by atoms with van der Waals surface area (Å²) in [6, 6.07) is 8.74. The van der Waals surface area contributed by atoms with Crippen molar-refractivity contribution < 1.29 is 0 Å². The van der Waals surface area contributed by atoms with Crippen molar-refractivity contribution in [2.75, 3.05) is 11.9 Å². The highest BCUT2D eigenvalue weighted by Crippen LogP contribution is 2.42. The maximum Gasteiger partial charge on any atom is 0.103 e. The topological polar surface area (TPSA) is 6.48 Å². The molecule has 0 spiro atoms. The van der Waals surface area contributed by atoms with Gasteiger partial charge in [-0.3, -0.25) is 0 Å². The van der Waals surface area contributed by atoms with E-state index in [9.17, 15) is 0 Å². The third kappa shape index (κ3) is 2.02. The van der Waals surface area contributed by atoms with Gasteiger partial charge in [0, 0.05) is 30.0 Å². The summed E-state index contributed by atoms with van der Waals surface area (Å²) in [7, 11) is 2.26. The van der Waals surface area contributed by atoms with Gasteiger partial charge in [-0.2, -0.15) is 0 Å². The zero-order chi connectivity index (χ0) is 14.3.